The predicted octanol–water partition coefficient (Wildman–Crippen LogP) is 4.18. The average Bonchev–Trinajstić information content (AvgIpc) is 2.83. The van der Waals surface area contributed by atoms with Crippen LogP contribution in [0.25, 0.3) is 11.0 Å². The molecule has 0 saturated heterocycles. The van der Waals surface area contributed by atoms with Crippen molar-refractivity contribution in [3.8, 4) is 11.8 Å². The Morgan fingerprint density at radius 2 is 1.86 bits per heavy atom. The molecule has 4 nitrogen and oxygen atoms in total. The highest BCUT2D eigenvalue weighted by molar-refractivity contribution is 9.10. The molecule has 1 atom stereocenters. The highest BCUT2D eigenvalue weighted by Crippen LogP contribution is 2.21. The monoisotopic (exact) mass is 360 g/mol. The van der Waals surface area contributed by atoms with Crippen LogP contribution in [-0.4, -0.2) is 22.3 Å². The summed E-state index contributed by atoms with van der Waals surface area (Å²) in [5, 5.41) is 0. The number of hydrogen-bond acceptors (Lipinski definition) is 3. The molecule has 114 valence electrons. The maximum atomic E-state index is 5.89. The Bertz CT molecular complexity index is 768. The van der Waals surface area contributed by atoms with Crippen LogP contribution in [0.15, 0.2) is 53.0 Å². The van der Waals surface area contributed by atoms with Crippen molar-refractivity contribution in [1.82, 2.24) is 9.55 Å². The Morgan fingerprint density at radius 1 is 1.14 bits per heavy atom. The standard InChI is InChI=1S/C17H17BrN2O2/c1-12(11-21-14-9-7-13(18)8-10-14)22-17-19-15-5-3-4-6-16(15)20(17)2/h3-10,12H,11H2,1-2H3/t12-/m0/s1. The molecule has 0 N–H and O–H groups in total. The van der Waals surface area contributed by atoms with Gasteiger partial charge in [-0.05, 0) is 43.3 Å². The third-order valence-electron chi connectivity index (χ3n) is 3.35. The minimum atomic E-state index is -0.0980. The molecule has 0 amide bonds. The second-order valence-corrected chi connectivity index (χ2v) is 6.05. The third-order valence-corrected chi connectivity index (χ3v) is 3.88. The van der Waals surface area contributed by atoms with Gasteiger partial charge in [0.05, 0.1) is 11.0 Å². The molecule has 3 aromatic rings. The molecule has 0 radical (unpaired) electrons. The lowest BCUT2D eigenvalue weighted by molar-refractivity contribution is 0.130. The van der Waals surface area contributed by atoms with Crippen molar-refractivity contribution in [3.05, 3.63) is 53.0 Å². The summed E-state index contributed by atoms with van der Waals surface area (Å²) in [6.07, 6.45) is -0.0980. The van der Waals surface area contributed by atoms with Crippen molar-refractivity contribution < 1.29 is 9.47 Å². The Kier molecular flexibility index (Phi) is 4.34. The van der Waals surface area contributed by atoms with Crippen LogP contribution < -0.4 is 9.47 Å². The van der Waals surface area contributed by atoms with Crippen molar-refractivity contribution in [2.75, 3.05) is 6.61 Å². The van der Waals surface area contributed by atoms with E-state index in [1.807, 2.05) is 67.1 Å². The van der Waals surface area contributed by atoms with Crippen molar-refractivity contribution in [2.24, 2.45) is 7.05 Å². The number of para-hydroxylation sites is 2. The van der Waals surface area contributed by atoms with Crippen LogP contribution in [0.4, 0.5) is 0 Å². The van der Waals surface area contributed by atoms with E-state index in [-0.39, 0.29) is 6.10 Å². The fraction of sp³-hybridized carbons (Fsp3) is 0.235. The van der Waals surface area contributed by atoms with E-state index in [4.69, 9.17) is 9.47 Å². The molecule has 0 unspecified atom stereocenters. The van der Waals surface area contributed by atoms with Gasteiger partial charge >= 0.3 is 0 Å². The number of ether oxygens (including phenoxy) is 2. The van der Waals surface area contributed by atoms with Crippen LogP contribution in [0.5, 0.6) is 11.8 Å². The molecule has 1 aromatic heterocycles. The molecule has 0 spiro atoms. The number of rotatable bonds is 5. The topological polar surface area (TPSA) is 36.3 Å². The first-order chi connectivity index (χ1) is 10.6. The lowest BCUT2D eigenvalue weighted by Crippen LogP contribution is -2.22. The molecule has 0 aliphatic carbocycles. The van der Waals surface area contributed by atoms with Gasteiger partial charge in [0.15, 0.2) is 0 Å². The van der Waals surface area contributed by atoms with E-state index in [1.165, 1.54) is 0 Å². The molecule has 22 heavy (non-hydrogen) atoms. The predicted molar refractivity (Wildman–Crippen MR) is 90.4 cm³/mol. The summed E-state index contributed by atoms with van der Waals surface area (Å²) in [5.41, 5.74) is 1.99. The van der Waals surface area contributed by atoms with Crippen molar-refractivity contribution in [3.63, 3.8) is 0 Å². The van der Waals surface area contributed by atoms with E-state index >= 15 is 0 Å². The minimum absolute atomic E-state index is 0.0980. The summed E-state index contributed by atoms with van der Waals surface area (Å²) in [6, 6.07) is 16.3. The quantitative estimate of drug-likeness (QED) is 0.684. The van der Waals surface area contributed by atoms with Crippen LogP contribution in [0.2, 0.25) is 0 Å². The van der Waals surface area contributed by atoms with E-state index in [0.717, 1.165) is 21.3 Å². The van der Waals surface area contributed by atoms with E-state index in [9.17, 15) is 0 Å². The molecule has 3 rings (SSSR count). The van der Waals surface area contributed by atoms with Gasteiger partial charge in [0.2, 0.25) is 0 Å². The lowest BCUT2D eigenvalue weighted by Gasteiger charge is -2.15. The molecule has 0 aliphatic heterocycles. The van der Waals surface area contributed by atoms with Gasteiger partial charge in [0, 0.05) is 11.5 Å². The van der Waals surface area contributed by atoms with E-state index in [0.29, 0.717) is 12.6 Å². The molecule has 0 aliphatic rings. The zero-order valence-corrected chi connectivity index (χ0v) is 14.1. The van der Waals surface area contributed by atoms with Gasteiger partial charge in [-0.25, -0.2) is 0 Å². The number of halogens is 1. The third kappa shape index (κ3) is 3.25. The molecule has 5 heteroatoms. The molecular weight excluding hydrogens is 344 g/mol. The molecule has 0 saturated carbocycles. The van der Waals surface area contributed by atoms with Gasteiger partial charge in [-0.3, -0.25) is 4.57 Å². The van der Waals surface area contributed by atoms with Crippen LogP contribution in [-0.2, 0) is 7.05 Å². The molecule has 2 aromatic carbocycles. The number of nitrogens with zero attached hydrogens (tertiary/aromatic N) is 2. The summed E-state index contributed by atoms with van der Waals surface area (Å²) in [7, 11) is 1.95. The number of hydrogen-bond donors (Lipinski definition) is 0. The first-order valence-electron chi connectivity index (χ1n) is 7.10. The Balaban J connectivity index is 1.64. The number of imidazole rings is 1. The van der Waals surface area contributed by atoms with Crippen molar-refractivity contribution >= 4 is 27.0 Å². The van der Waals surface area contributed by atoms with E-state index < -0.39 is 0 Å². The summed E-state index contributed by atoms with van der Waals surface area (Å²) in [5.74, 6) is 0.823. The van der Waals surface area contributed by atoms with E-state index in [2.05, 4.69) is 20.9 Å². The van der Waals surface area contributed by atoms with Crippen molar-refractivity contribution in [1.29, 1.82) is 0 Å². The van der Waals surface area contributed by atoms with Crippen LogP contribution in [0.1, 0.15) is 6.92 Å². The number of benzene rings is 2. The fourth-order valence-electron chi connectivity index (χ4n) is 2.19. The zero-order chi connectivity index (χ0) is 15.5. The zero-order valence-electron chi connectivity index (χ0n) is 12.5. The SMILES string of the molecule is C[C@@H](COc1ccc(Br)cc1)Oc1nc2ccccc2n1C. The Labute approximate surface area is 137 Å². The highest BCUT2D eigenvalue weighted by Gasteiger charge is 2.12. The molecule has 0 fully saturated rings. The first-order valence-corrected chi connectivity index (χ1v) is 7.89. The van der Waals surface area contributed by atoms with Gasteiger partial charge in [0.25, 0.3) is 6.01 Å². The average molecular weight is 361 g/mol. The fourth-order valence-corrected chi connectivity index (χ4v) is 2.45. The lowest BCUT2D eigenvalue weighted by atomic mass is 10.3. The first kappa shape index (κ1) is 14.9. The normalized spacial score (nSPS) is 12.3. The molecule has 0 bridgehead atoms. The number of fused-ring (bicyclic) bond motifs is 1. The summed E-state index contributed by atoms with van der Waals surface area (Å²) in [4.78, 5) is 4.50. The largest absolute Gasteiger partial charge is 0.490 e. The summed E-state index contributed by atoms with van der Waals surface area (Å²) >= 11 is 3.40. The number of aromatic nitrogens is 2. The van der Waals surface area contributed by atoms with Gasteiger partial charge in [-0.2, -0.15) is 4.98 Å². The van der Waals surface area contributed by atoms with Crippen molar-refractivity contribution in [2.45, 2.75) is 13.0 Å². The van der Waals surface area contributed by atoms with Crippen LogP contribution >= 0.6 is 15.9 Å². The minimum Gasteiger partial charge on any atom is -0.490 e. The number of aryl methyl sites for hydroxylation is 1. The van der Waals surface area contributed by atoms with Crippen LogP contribution in [0, 0.1) is 0 Å². The Morgan fingerprint density at radius 3 is 2.59 bits per heavy atom. The smallest absolute Gasteiger partial charge is 0.297 e. The van der Waals surface area contributed by atoms with Gasteiger partial charge in [0.1, 0.15) is 18.5 Å². The second-order valence-electron chi connectivity index (χ2n) is 5.14. The Hall–Kier alpha value is -2.01. The summed E-state index contributed by atoms with van der Waals surface area (Å²) in [6.45, 7) is 2.43. The molecule has 1 heterocycles. The van der Waals surface area contributed by atoms with Gasteiger partial charge in [-0.1, -0.05) is 28.1 Å². The maximum Gasteiger partial charge on any atom is 0.297 e. The molecular formula is C17H17BrN2O2. The highest BCUT2D eigenvalue weighted by atomic mass is 79.9. The maximum absolute atomic E-state index is 5.89. The van der Waals surface area contributed by atoms with E-state index in [1.54, 1.807) is 0 Å². The van der Waals surface area contributed by atoms with Gasteiger partial charge in [-0.15, -0.1) is 0 Å². The van der Waals surface area contributed by atoms with Gasteiger partial charge < -0.3 is 9.47 Å². The second kappa shape index (κ2) is 6.40. The summed E-state index contributed by atoms with van der Waals surface area (Å²) < 4.78 is 14.6. The van der Waals surface area contributed by atoms with Crippen LogP contribution in [0.3, 0.4) is 0 Å².